The zero-order valence-corrected chi connectivity index (χ0v) is 10.8. The van der Waals surface area contributed by atoms with E-state index in [-0.39, 0.29) is 5.82 Å². The molecule has 0 atom stereocenters. The highest BCUT2D eigenvalue weighted by Gasteiger charge is 2.17. The highest BCUT2D eigenvalue weighted by atomic mass is 19.1. The summed E-state index contributed by atoms with van der Waals surface area (Å²) in [4.78, 5) is 14.4. The molecular formula is C16H12FNO2. The summed E-state index contributed by atoms with van der Waals surface area (Å²) in [5, 5.41) is 0.570. The van der Waals surface area contributed by atoms with E-state index in [1.54, 1.807) is 25.3 Å². The summed E-state index contributed by atoms with van der Waals surface area (Å²) >= 11 is 0. The largest absolute Gasteiger partial charge is 0.496 e. The first-order valence-electron chi connectivity index (χ1n) is 6.15. The first-order chi connectivity index (χ1) is 9.76. The van der Waals surface area contributed by atoms with E-state index in [1.807, 2.05) is 18.2 Å². The molecule has 20 heavy (non-hydrogen) atoms. The number of halogens is 1. The second-order valence-electron chi connectivity index (χ2n) is 4.39. The van der Waals surface area contributed by atoms with Crippen molar-refractivity contribution in [1.82, 2.24) is 4.98 Å². The molecule has 1 aromatic heterocycles. The molecule has 2 aromatic carbocycles. The molecule has 4 heteroatoms. The van der Waals surface area contributed by atoms with E-state index in [0.29, 0.717) is 27.9 Å². The van der Waals surface area contributed by atoms with Gasteiger partial charge < -0.3 is 9.72 Å². The van der Waals surface area contributed by atoms with Crippen molar-refractivity contribution in [1.29, 1.82) is 0 Å². The summed E-state index contributed by atoms with van der Waals surface area (Å²) < 4.78 is 19.1. The second-order valence-corrected chi connectivity index (χ2v) is 4.39. The molecule has 3 nitrogen and oxygen atoms in total. The van der Waals surface area contributed by atoms with Gasteiger partial charge in [-0.3, -0.25) is 4.79 Å². The van der Waals surface area contributed by atoms with Crippen LogP contribution in [-0.4, -0.2) is 18.4 Å². The van der Waals surface area contributed by atoms with Crippen LogP contribution >= 0.6 is 0 Å². The number of ether oxygens (including phenoxy) is 1. The average molecular weight is 269 g/mol. The van der Waals surface area contributed by atoms with Gasteiger partial charge in [0.25, 0.3) is 0 Å². The number of fused-ring (bicyclic) bond motifs is 1. The lowest BCUT2D eigenvalue weighted by molar-refractivity contribution is 0.112. The zero-order valence-electron chi connectivity index (χ0n) is 10.8. The van der Waals surface area contributed by atoms with Gasteiger partial charge in [-0.1, -0.05) is 24.3 Å². The van der Waals surface area contributed by atoms with Gasteiger partial charge in [0.2, 0.25) is 0 Å². The monoisotopic (exact) mass is 269 g/mol. The van der Waals surface area contributed by atoms with Crippen LogP contribution < -0.4 is 4.74 Å². The molecule has 0 aliphatic carbocycles. The molecule has 100 valence electrons. The van der Waals surface area contributed by atoms with Gasteiger partial charge in [-0.05, 0) is 18.2 Å². The van der Waals surface area contributed by atoms with Gasteiger partial charge in [0, 0.05) is 16.5 Å². The number of para-hydroxylation sites is 2. The van der Waals surface area contributed by atoms with Crippen LogP contribution in [0, 0.1) is 5.82 Å². The number of carbonyl (C=O) groups excluding carboxylic acids is 1. The van der Waals surface area contributed by atoms with Crippen molar-refractivity contribution in [2.45, 2.75) is 0 Å². The molecular weight excluding hydrogens is 257 g/mol. The maximum Gasteiger partial charge on any atom is 0.152 e. The minimum atomic E-state index is -0.383. The Labute approximate surface area is 115 Å². The molecule has 0 unspecified atom stereocenters. The Kier molecular flexibility index (Phi) is 2.99. The number of nitrogens with one attached hydrogen (secondary N) is 1. The molecule has 1 N–H and O–H groups in total. The number of rotatable bonds is 3. The standard InChI is InChI=1S/C16H12FNO2/c1-20-14-8-3-2-5-11(14)15-12(9-19)10-6-4-7-13(17)16(10)18-15/h2-9,18H,1H3. The number of benzene rings is 2. The third kappa shape index (κ3) is 1.77. The van der Waals surface area contributed by atoms with Crippen molar-refractivity contribution < 1.29 is 13.9 Å². The smallest absolute Gasteiger partial charge is 0.152 e. The number of carbonyl (C=O) groups is 1. The highest BCUT2D eigenvalue weighted by molar-refractivity contribution is 6.05. The third-order valence-corrected chi connectivity index (χ3v) is 3.32. The summed E-state index contributed by atoms with van der Waals surface area (Å²) in [6.45, 7) is 0. The van der Waals surface area contributed by atoms with Crippen LogP contribution in [0.25, 0.3) is 22.2 Å². The molecule has 0 radical (unpaired) electrons. The molecule has 0 spiro atoms. The predicted molar refractivity (Wildman–Crippen MR) is 75.6 cm³/mol. The minimum absolute atomic E-state index is 0.329. The second kappa shape index (κ2) is 4.81. The first kappa shape index (κ1) is 12.4. The van der Waals surface area contributed by atoms with E-state index in [2.05, 4.69) is 4.98 Å². The number of H-pyrrole nitrogens is 1. The quantitative estimate of drug-likeness (QED) is 0.735. The summed E-state index contributed by atoms with van der Waals surface area (Å²) in [6, 6.07) is 12.0. The van der Waals surface area contributed by atoms with Crippen molar-refractivity contribution >= 4 is 17.2 Å². The van der Waals surface area contributed by atoms with Gasteiger partial charge in [-0.25, -0.2) is 4.39 Å². The van der Waals surface area contributed by atoms with E-state index in [1.165, 1.54) is 6.07 Å². The van der Waals surface area contributed by atoms with Crippen molar-refractivity contribution in [3.63, 3.8) is 0 Å². The average Bonchev–Trinajstić information content (AvgIpc) is 2.87. The molecule has 3 aromatic rings. The Morgan fingerprint density at radius 1 is 1.15 bits per heavy atom. The number of aldehydes is 1. The molecule has 0 saturated carbocycles. The fraction of sp³-hybridized carbons (Fsp3) is 0.0625. The maximum atomic E-state index is 13.8. The third-order valence-electron chi connectivity index (χ3n) is 3.32. The Hall–Kier alpha value is -2.62. The van der Waals surface area contributed by atoms with Crippen LogP contribution in [-0.2, 0) is 0 Å². The van der Waals surface area contributed by atoms with Gasteiger partial charge in [0.15, 0.2) is 6.29 Å². The van der Waals surface area contributed by atoms with Crippen molar-refractivity contribution in [3.05, 3.63) is 53.8 Å². The Morgan fingerprint density at radius 2 is 1.95 bits per heavy atom. The van der Waals surface area contributed by atoms with Gasteiger partial charge in [0.1, 0.15) is 11.6 Å². The molecule has 3 rings (SSSR count). The van der Waals surface area contributed by atoms with Gasteiger partial charge in [-0.2, -0.15) is 0 Å². The number of aromatic nitrogens is 1. The van der Waals surface area contributed by atoms with Crippen LogP contribution in [0.2, 0.25) is 0 Å². The van der Waals surface area contributed by atoms with Gasteiger partial charge in [-0.15, -0.1) is 0 Å². The number of methoxy groups -OCH3 is 1. The van der Waals surface area contributed by atoms with E-state index >= 15 is 0 Å². The van der Waals surface area contributed by atoms with Crippen LogP contribution in [0.5, 0.6) is 5.75 Å². The number of hydrogen-bond acceptors (Lipinski definition) is 2. The zero-order chi connectivity index (χ0) is 14.1. The predicted octanol–water partition coefficient (Wildman–Crippen LogP) is 3.80. The maximum absolute atomic E-state index is 13.8. The van der Waals surface area contributed by atoms with E-state index in [9.17, 15) is 9.18 Å². The van der Waals surface area contributed by atoms with Gasteiger partial charge in [0.05, 0.1) is 18.3 Å². The van der Waals surface area contributed by atoms with Gasteiger partial charge >= 0.3 is 0 Å². The fourth-order valence-corrected chi connectivity index (χ4v) is 2.39. The lowest BCUT2D eigenvalue weighted by Gasteiger charge is -2.07. The van der Waals surface area contributed by atoms with Crippen LogP contribution in [0.3, 0.4) is 0 Å². The lowest BCUT2D eigenvalue weighted by Crippen LogP contribution is -1.90. The minimum Gasteiger partial charge on any atom is -0.496 e. The van der Waals surface area contributed by atoms with Crippen LogP contribution in [0.15, 0.2) is 42.5 Å². The summed E-state index contributed by atoms with van der Waals surface area (Å²) in [6.07, 6.45) is 0.736. The highest BCUT2D eigenvalue weighted by Crippen LogP contribution is 2.35. The summed E-state index contributed by atoms with van der Waals surface area (Å²) in [5.41, 5.74) is 2.06. The normalized spacial score (nSPS) is 10.7. The Bertz CT molecular complexity index is 792. The molecule has 0 aliphatic rings. The Morgan fingerprint density at radius 3 is 2.70 bits per heavy atom. The van der Waals surface area contributed by atoms with Crippen molar-refractivity contribution in [2.24, 2.45) is 0 Å². The molecule has 1 heterocycles. The summed E-state index contributed by atoms with van der Waals surface area (Å²) in [5.74, 6) is 0.245. The molecule has 0 bridgehead atoms. The van der Waals surface area contributed by atoms with Crippen molar-refractivity contribution in [3.8, 4) is 17.0 Å². The number of aromatic amines is 1. The topological polar surface area (TPSA) is 42.1 Å². The van der Waals surface area contributed by atoms with E-state index in [0.717, 1.165) is 11.8 Å². The lowest BCUT2D eigenvalue weighted by atomic mass is 10.1. The van der Waals surface area contributed by atoms with Crippen molar-refractivity contribution in [2.75, 3.05) is 7.11 Å². The summed E-state index contributed by atoms with van der Waals surface area (Å²) in [7, 11) is 1.56. The van der Waals surface area contributed by atoms with E-state index in [4.69, 9.17) is 4.74 Å². The molecule has 0 saturated heterocycles. The fourth-order valence-electron chi connectivity index (χ4n) is 2.39. The number of hydrogen-bond donors (Lipinski definition) is 1. The molecule has 0 fully saturated rings. The molecule has 0 aliphatic heterocycles. The SMILES string of the molecule is COc1ccccc1-c1[nH]c2c(F)cccc2c1C=O. The van der Waals surface area contributed by atoms with E-state index < -0.39 is 0 Å². The first-order valence-corrected chi connectivity index (χ1v) is 6.15. The van der Waals surface area contributed by atoms with Crippen LogP contribution in [0.1, 0.15) is 10.4 Å². The van der Waals surface area contributed by atoms with Crippen LogP contribution in [0.4, 0.5) is 4.39 Å². The Balaban J connectivity index is 2.36. The molecule has 0 amide bonds.